The lowest BCUT2D eigenvalue weighted by atomic mass is 10.1. The highest BCUT2D eigenvalue weighted by atomic mass is 16.5. The van der Waals surface area contributed by atoms with E-state index >= 15 is 0 Å². The minimum Gasteiger partial charge on any atom is -0.486 e. The Morgan fingerprint density at radius 3 is 2.67 bits per heavy atom. The summed E-state index contributed by atoms with van der Waals surface area (Å²) in [6.45, 7) is 5.04. The molecule has 84 valence electrons. The maximum absolute atomic E-state index is 5.77. The first-order valence-electron chi connectivity index (χ1n) is 5.10. The Hall–Kier alpha value is -1.06. The van der Waals surface area contributed by atoms with Gasteiger partial charge in [0.05, 0.1) is 6.61 Å². The fourth-order valence-corrected chi connectivity index (χ4v) is 1.35. The van der Waals surface area contributed by atoms with Crippen molar-refractivity contribution in [3.8, 4) is 5.75 Å². The van der Waals surface area contributed by atoms with E-state index in [9.17, 15) is 0 Å². The molecule has 0 aliphatic heterocycles. The van der Waals surface area contributed by atoms with Crippen LogP contribution in [0.1, 0.15) is 11.1 Å². The van der Waals surface area contributed by atoms with E-state index < -0.39 is 0 Å². The minimum absolute atomic E-state index is 0.0736. The van der Waals surface area contributed by atoms with E-state index in [1.54, 1.807) is 7.11 Å². The summed E-state index contributed by atoms with van der Waals surface area (Å²) in [6, 6.07) is 6.13. The van der Waals surface area contributed by atoms with E-state index in [0.717, 1.165) is 11.3 Å². The molecule has 0 aliphatic rings. The van der Waals surface area contributed by atoms with Crippen molar-refractivity contribution in [1.82, 2.24) is 0 Å². The SMILES string of the molecule is COCC(CN)Oc1cc(C)ccc1C. The molecule has 3 heteroatoms. The van der Waals surface area contributed by atoms with Crippen molar-refractivity contribution < 1.29 is 9.47 Å². The first-order valence-corrected chi connectivity index (χ1v) is 5.10. The molecule has 2 N–H and O–H groups in total. The van der Waals surface area contributed by atoms with Gasteiger partial charge in [-0.25, -0.2) is 0 Å². The number of benzene rings is 1. The highest BCUT2D eigenvalue weighted by Crippen LogP contribution is 2.20. The van der Waals surface area contributed by atoms with Gasteiger partial charge in [0.2, 0.25) is 0 Å². The first kappa shape index (κ1) is 12.0. The molecule has 0 spiro atoms. The zero-order valence-electron chi connectivity index (χ0n) is 9.62. The maximum Gasteiger partial charge on any atom is 0.134 e. The molecule has 1 atom stereocenters. The second kappa shape index (κ2) is 5.73. The van der Waals surface area contributed by atoms with Gasteiger partial charge in [0.25, 0.3) is 0 Å². The molecule has 1 unspecified atom stereocenters. The number of ether oxygens (including phenoxy) is 2. The zero-order chi connectivity index (χ0) is 11.3. The standard InChI is InChI=1S/C12H19NO2/c1-9-4-5-10(2)12(6-9)15-11(7-13)8-14-3/h4-6,11H,7-8,13H2,1-3H3. The Bertz CT molecular complexity index is 312. The molecule has 0 saturated heterocycles. The van der Waals surface area contributed by atoms with Gasteiger partial charge in [0.1, 0.15) is 11.9 Å². The van der Waals surface area contributed by atoms with Crippen LogP contribution in [-0.4, -0.2) is 26.4 Å². The normalized spacial score (nSPS) is 12.5. The lowest BCUT2D eigenvalue weighted by molar-refractivity contribution is 0.0855. The number of hydrogen-bond donors (Lipinski definition) is 1. The second-order valence-electron chi connectivity index (χ2n) is 3.70. The summed E-state index contributed by atoms with van der Waals surface area (Å²) in [5.74, 6) is 0.891. The smallest absolute Gasteiger partial charge is 0.134 e. The van der Waals surface area contributed by atoms with Gasteiger partial charge in [0.15, 0.2) is 0 Å². The maximum atomic E-state index is 5.77. The van der Waals surface area contributed by atoms with Crippen molar-refractivity contribution in [1.29, 1.82) is 0 Å². The molecule has 0 saturated carbocycles. The van der Waals surface area contributed by atoms with E-state index in [1.807, 2.05) is 26.0 Å². The van der Waals surface area contributed by atoms with Crippen LogP contribution in [0.15, 0.2) is 18.2 Å². The quantitative estimate of drug-likeness (QED) is 0.802. The van der Waals surface area contributed by atoms with Crippen molar-refractivity contribution in [2.45, 2.75) is 20.0 Å². The summed E-state index contributed by atoms with van der Waals surface area (Å²) in [5.41, 5.74) is 7.89. The van der Waals surface area contributed by atoms with Crippen molar-refractivity contribution in [3.63, 3.8) is 0 Å². The van der Waals surface area contributed by atoms with Crippen LogP contribution in [0, 0.1) is 13.8 Å². The van der Waals surface area contributed by atoms with E-state index in [0.29, 0.717) is 13.2 Å². The van der Waals surface area contributed by atoms with Crippen molar-refractivity contribution in [3.05, 3.63) is 29.3 Å². The van der Waals surface area contributed by atoms with Crippen LogP contribution in [0.4, 0.5) is 0 Å². The van der Waals surface area contributed by atoms with Crippen molar-refractivity contribution >= 4 is 0 Å². The molecule has 0 heterocycles. The molecule has 0 aliphatic carbocycles. The molecule has 0 radical (unpaired) electrons. The van der Waals surface area contributed by atoms with E-state index in [2.05, 4.69) is 6.07 Å². The molecule has 0 bridgehead atoms. The van der Waals surface area contributed by atoms with Gasteiger partial charge in [-0.1, -0.05) is 12.1 Å². The molecule has 3 nitrogen and oxygen atoms in total. The van der Waals surface area contributed by atoms with Crippen molar-refractivity contribution in [2.24, 2.45) is 5.73 Å². The van der Waals surface area contributed by atoms with Crippen LogP contribution in [0.5, 0.6) is 5.75 Å². The van der Waals surface area contributed by atoms with Crippen LogP contribution < -0.4 is 10.5 Å². The lowest BCUT2D eigenvalue weighted by Gasteiger charge is -2.18. The molecule has 0 aromatic heterocycles. The summed E-state index contributed by atoms with van der Waals surface area (Å²) >= 11 is 0. The fraction of sp³-hybridized carbons (Fsp3) is 0.500. The third kappa shape index (κ3) is 3.53. The first-order chi connectivity index (χ1) is 7.17. The molecular formula is C12H19NO2. The van der Waals surface area contributed by atoms with Gasteiger partial charge in [-0.3, -0.25) is 0 Å². The number of aryl methyl sites for hydroxylation is 2. The highest BCUT2D eigenvalue weighted by molar-refractivity contribution is 5.36. The Morgan fingerprint density at radius 1 is 1.33 bits per heavy atom. The summed E-state index contributed by atoms with van der Waals surface area (Å²) < 4.78 is 10.8. The molecule has 0 amide bonds. The summed E-state index contributed by atoms with van der Waals surface area (Å²) in [6.07, 6.45) is -0.0736. The molecule has 1 aromatic carbocycles. The van der Waals surface area contributed by atoms with Gasteiger partial charge in [0, 0.05) is 13.7 Å². The third-order valence-electron chi connectivity index (χ3n) is 2.25. The summed E-state index contributed by atoms with van der Waals surface area (Å²) in [5, 5.41) is 0. The Labute approximate surface area is 91.2 Å². The zero-order valence-corrected chi connectivity index (χ0v) is 9.62. The van der Waals surface area contributed by atoms with E-state index in [1.165, 1.54) is 5.56 Å². The number of methoxy groups -OCH3 is 1. The van der Waals surface area contributed by atoms with Gasteiger partial charge >= 0.3 is 0 Å². The van der Waals surface area contributed by atoms with Crippen LogP contribution >= 0.6 is 0 Å². The molecule has 1 rings (SSSR count). The predicted octanol–water partition coefficient (Wildman–Crippen LogP) is 1.66. The van der Waals surface area contributed by atoms with Gasteiger partial charge in [-0.05, 0) is 31.0 Å². The molecule has 1 aromatic rings. The van der Waals surface area contributed by atoms with Gasteiger partial charge < -0.3 is 15.2 Å². The Morgan fingerprint density at radius 2 is 2.07 bits per heavy atom. The number of rotatable bonds is 5. The van der Waals surface area contributed by atoms with Crippen molar-refractivity contribution in [2.75, 3.05) is 20.3 Å². The number of nitrogens with two attached hydrogens (primary N) is 1. The van der Waals surface area contributed by atoms with Gasteiger partial charge in [-0.2, -0.15) is 0 Å². The predicted molar refractivity (Wildman–Crippen MR) is 61.3 cm³/mol. The fourth-order valence-electron chi connectivity index (χ4n) is 1.35. The second-order valence-corrected chi connectivity index (χ2v) is 3.70. The van der Waals surface area contributed by atoms with Crippen LogP contribution in [0.3, 0.4) is 0 Å². The average molecular weight is 209 g/mol. The highest BCUT2D eigenvalue weighted by Gasteiger charge is 2.09. The van der Waals surface area contributed by atoms with Crippen LogP contribution in [-0.2, 0) is 4.74 Å². The third-order valence-corrected chi connectivity index (χ3v) is 2.25. The van der Waals surface area contributed by atoms with E-state index in [-0.39, 0.29) is 6.10 Å². The topological polar surface area (TPSA) is 44.5 Å². The average Bonchev–Trinajstić information content (AvgIpc) is 2.22. The summed E-state index contributed by atoms with van der Waals surface area (Å²) in [4.78, 5) is 0. The van der Waals surface area contributed by atoms with E-state index in [4.69, 9.17) is 15.2 Å². The largest absolute Gasteiger partial charge is 0.486 e. The summed E-state index contributed by atoms with van der Waals surface area (Å²) in [7, 11) is 1.65. The van der Waals surface area contributed by atoms with Crippen LogP contribution in [0.2, 0.25) is 0 Å². The monoisotopic (exact) mass is 209 g/mol. The van der Waals surface area contributed by atoms with Gasteiger partial charge in [-0.15, -0.1) is 0 Å². The molecular weight excluding hydrogens is 190 g/mol. The Kier molecular flexibility index (Phi) is 4.59. The molecule has 15 heavy (non-hydrogen) atoms. The number of hydrogen-bond acceptors (Lipinski definition) is 3. The minimum atomic E-state index is -0.0736. The lowest BCUT2D eigenvalue weighted by Crippen LogP contribution is -2.31. The molecule has 0 fully saturated rings. The van der Waals surface area contributed by atoms with Crippen LogP contribution in [0.25, 0.3) is 0 Å². The Balaban J connectivity index is 2.73.